The molecule has 1 saturated heterocycles. The van der Waals surface area contributed by atoms with Gasteiger partial charge in [0.1, 0.15) is 18.2 Å². The SMILES string of the molecule is OC(c1cnc2c(ccn2-c2cccc(-c3nncn3C3CCCCO3)c2)c1)C1CC(F)(F)C1. The molecule has 2 aliphatic rings. The minimum Gasteiger partial charge on any atom is -0.388 e. The van der Waals surface area contributed by atoms with Gasteiger partial charge in [-0.3, -0.25) is 4.57 Å². The van der Waals surface area contributed by atoms with Crippen molar-refractivity contribution in [3.8, 4) is 17.1 Å². The molecule has 1 aliphatic heterocycles. The molecule has 0 spiro atoms. The fourth-order valence-corrected chi connectivity index (χ4v) is 5.01. The van der Waals surface area contributed by atoms with Gasteiger partial charge in [0.25, 0.3) is 0 Å². The van der Waals surface area contributed by atoms with Crippen LogP contribution in [0.3, 0.4) is 0 Å². The number of aliphatic hydroxyl groups is 1. The third-order valence-electron chi connectivity index (χ3n) is 6.88. The molecule has 9 heteroatoms. The number of ether oxygens (including phenoxy) is 1. The lowest BCUT2D eigenvalue weighted by Gasteiger charge is -2.37. The van der Waals surface area contributed by atoms with Crippen LogP contribution in [-0.4, -0.2) is 42.0 Å². The van der Waals surface area contributed by atoms with Gasteiger partial charge in [-0.1, -0.05) is 12.1 Å². The Morgan fingerprint density at radius 2 is 2.03 bits per heavy atom. The van der Waals surface area contributed by atoms with Crippen LogP contribution in [0.5, 0.6) is 0 Å². The summed E-state index contributed by atoms with van der Waals surface area (Å²) >= 11 is 0. The standard InChI is InChI=1S/C25H25F2N5O2/c26-25(27)12-19(13-25)22(33)18-10-17-7-8-31(23(17)28-14-18)20-5-3-4-16(11-20)24-30-29-15-32(24)21-6-1-2-9-34-21/h3-5,7-8,10-11,14-15,19,21-22,33H,1-2,6,9,12-13H2. The van der Waals surface area contributed by atoms with Crippen LogP contribution < -0.4 is 0 Å². The van der Waals surface area contributed by atoms with E-state index < -0.39 is 17.9 Å². The number of alkyl halides is 2. The van der Waals surface area contributed by atoms with Crippen molar-refractivity contribution in [2.24, 2.45) is 5.92 Å². The van der Waals surface area contributed by atoms with Crippen molar-refractivity contribution < 1.29 is 18.6 Å². The van der Waals surface area contributed by atoms with Crippen LogP contribution in [0.2, 0.25) is 0 Å². The lowest BCUT2D eigenvalue weighted by molar-refractivity contribution is -0.142. The number of rotatable bonds is 5. The molecule has 1 N–H and O–H groups in total. The van der Waals surface area contributed by atoms with Gasteiger partial charge in [-0.2, -0.15) is 0 Å². The Bertz CT molecular complexity index is 1320. The molecule has 4 aromatic rings. The Morgan fingerprint density at radius 1 is 1.15 bits per heavy atom. The largest absolute Gasteiger partial charge is 0.388 e. The second kappa shape index (κ2) is 8.25. The number of nitrogens with zero attached hydrogens (tertiary/aromatic N) is 5. The third-order valence-corrected chi connectivity index (χ3v) is 6.88. The van der Waals surface area contributed by atoms with Crippen LogP contribution in [0.25, 0.3) is 28.1 Å². The van der Waals surface area contributed by atoms with Crippen molar-refractivity contribution in [3.63, 3.8) is 0 Å². The predicted molar refractivity (Wildman–Crippen MR) is 122 cm³/mol. The third kappa shape index (κ3) is 3.78. The highest BCUT2D eigenvalue weighted by atomic mass is 19.3. The minimum atomic E-state index is -2.66. The van der Waals surface area contributed by atoms with Gasteiger partial charge in [-0.25, -0.2) is 13.8 Å². The molecule has 1 aromatic carbocycles. The molecule has 2 fully saturated rings. The smallest absolute Gasteiger partial charge is 0.248 e. The first-order valence-corrected chi connectivity index (χ1v) is 11.6. The van der Waals surface area contributed by atoms with E-state index in [-0.39, 0.29) is 19.1 Å². The fraction of sp³-hybridized carbons (Fsp3) is 0.400. The first-order valence-electron chi connectivity index (χ1n) is 11.6. The molecule has 2 atom stereocenters. The summed E-state index contributed by atoms with van der Waals surface area (Å²) in [6.45, 7) is 0.739. The monoisotopic (exact) mass is 465 g/mol. The molecule has 7 nitrogen and oxygen atoms in total. The van der Waals surface area contributed by atoms with E-state index in [2.05, 4.69) is 15.2 Å². The summed E-state index contributed by atoms with van der Waals surface area (Å²) in [5.74, 6) is -2.34. The molecule has 2 unspecified atom stereocenters. The predicted octanol–water partition coefficient (Wildman–Crippen LogP) is 5.06. The van der Waals surface area contributed by atoms with Crippen molar-refractivity contribution in [1.29, 1.82) is 0 Å². The summed E-state index contributed by atoms with van der Waals surface area (Å²) in [7, 11) is 0. The Kier molecular flexibility index (Phi) is 5.18. The number of aromatic nitrogens is 5. The minimum absolute atomic E-state index is 0.0584. The average Bonchev–Trinajstić information content (AvgIpc) is 3.50. The van der Waals surface area contributed by atoms with E-state index in [0.29, 0.717) is 5.56 Å². The van der Waals surface area contributed by atoms with Gasteiger partial charge in [0.15, 0.2) is 5.82 Å². The second-order valence-electron chi connectivity index (χ2n) is 9.27. The van der Waals surface area contributed by atoms with Crippen LogP contribution in [0, 0.1) is 5.92 Å². The van der Waals surface area contributed by atoms with E-state index in [1.54, 1.807) is 12.5 Å². The Morgan fingerprint density at radius 3 is 2.82 bits per heavy atom. The van der Waals surface area contributed by atoms with Crippen LogP contribution in [-0.2, 0) is 4.74 Å². The van der Waals surface area contributed by atoms with Gasteiger partial charge in [0.2, 0.25) is 5.92 Å². The van der Waals surface area contributed by atoms with E-state index in [0.717, 1.165) is 54.0 Å². The number of hydrogen-bond donors (Lipinski definition) is 1. The van der Waals surface area contributed by atoms with Crippen molar-refractivity contribution in [1.82, 2.24) is 24.3 Å². The molecular formula is C25H25F2N5O2. The summed E-state index contributed by atoms with van der Waals surface area (Å²) in [5, 5.41) is 19.8. The summed E-state index contributed by atoms with van der Waals surface area (Å²) in [6.07, 6.45) is 6.78. The normalized spacial score (nSPS) is 21.4. The van der Waals surface area contributed by atoms with E-state index in [1.165, 1.54) is 0 Å². The lowest BCUT2D eigenvalue weighted by Crippen LogP contribution is -2.38. The number of benzene rings is 1. The van der Waals surface area contributed by atoms with Crippen LogP contribution in [0.15, 0.2) is 55.1 Å². The van der Waals surface area contributed by atoms with E-state index in [4.69, 9.17) is 4.74 Å². The first-order chi connectivity index (χ1) is 16.5. The van der Waals surface area contributed by atoms with Crippen LogP contribution in [0.1, 0.15) is 50.0 Å². The van der Waals surface area contributed by atoms with Gasteiger partial charge in [0.05, 0.1) is 6.10 Å². The van der Waals surface area contributed by atoms with Gasteiger partial charge in [-0.15, -0.1) is 10.2 Å². The maximum atomic E-state index is 13.2. The maximum absolute atomic E-state index is 13.2. The zero-order chi connectivity index (χ0) is 23.3. The molecular weight excluding hydrogens is 440 g/mol. The number of hydrogen-bond acceptors (Lipinski definition) is 5. The molecule has 34 heavy (non-hydrogen) atoms. The highest BCUT2D eigenvalue weighted by Gasteiger charge is 2.48. The van der Waals surface area contributed by atoms with Gasteiger partial charge < -0.3 is 14.4 Å². The second-order valence-corrected chi connectivity index (χ2v) is 9.27. The number of fused-ring (bicyclic) bond motifs is 1. The van der Waals surface area contributed by atoms with Crippen LogP contribution in [0.4, 0.5) is 8.78 Å². The van der Waals surface area contributed by atoms with Gasteiger partial charge in [-0.05, 0) is 49.1 Å². The highest BCUT2D eigenvalue weighted by molar-refractivity contribution is 5.79. The maximum Gasteiger partial charge on any atom is 0.248 e. The summed E-state index contributed by atoms with van der Waals surface area (Å²) < 4.78 is 36.3. The number of aliphatic hydroxyl groups excluding tert-OH is 1. The molecule has 0 amide bonds. The lowest BCUT2D eigenvalue weighted by atomic mass is 9.76. The molecule has 6 rings (SSSR count). The van der Waals surface area contributed by atoms with Gasteiger partial charge in [0, 0.05) is 54.4 Å². The molecule has 1 aliphatic carbocycles. The molecule has 3 aromatic heterocycles. The van der Waals surface area contributed by atoms with Crippen LogP contribution >= 0.6 is 0 Å². The summed E-state index contributed by atoms with van der Waals surface area (Å²) in [4.78, 5) is 4.56. The molecule has 0 bridgehead atoms. The Balaban J connectivity index is 1.29. The quantitative estimate of drug-likeness (QED) is 0.446. The molecule has 4 heterocycles. The first kappa shape index (κ1) is 21.4. The molecule has 176 valence electrons. The van der Waals surface area contributed by atoms with Gasteiger partial charge >= 0.3 is 0 Å². The number of halogens is 2. The fourth-order valence-electron chi connectivity index (χ4n) is 5.01. The topological polar surface area (TPSA) is 78.0 Å². The zero-order valence-electron chi connectivity index (χ0n) is 18.5. The Hall–Kier alpha value is -3.17. The summed E-state index contributed by atoms with van der Waals surface area (Å²) in [6, 6.07) is 11.7. The average molecular weight is 466 g/mol. The van der Waals surface area contributed by atoms with E-state index in [9.17, 15) is 13.9 Å². The summed E-state index contributed by atoms with van der Waals surface area (Å²) in [5.41, 5.74) is 3.12. The van der Waals surface area contributed by atoms with E-state index >= 15 is 0 Å². The van der Waals surface area contributed by atoms with Crippen molar-refractivity contribution >= 4 is 11.0 Å². The molecule has 1 saturated carbocycles. The van der Waals surface area contributed by atoms with Crippen molar-refractivity contribution in [3.05, 3.63) is 60.7 Å². The van der Waals surface area contributed by atoms with Crippen molar-refractivity contribution in [2.45, 2.75) is 50.4 Å². The van der Waals surface area contributed by atoms with Crippen molar-refractivity contribution in [2.75, 3.05) is 6.61 Å². The molecule has 0 radical (unpaired) electrons. The zero-order valence-corrected chi connectivity index (χ0v) is 18.5. The highest BCUT2D eigenvalue weighted by Crippen LogP contribution is 2.48. The number of pyridine rings is 1. The van der Waals surface area contributed by atoms with E-state index in [1.807, 2.05) is 51.7 Å². The Labute approximate surface area is 195 Å².